The normalized spacial score (nSPS) is 14.1. The van der Waals surface area contributed by atoms with Crippen molar-refractivity contribution >= 4 is 19.2 Å². The summed E-state index contributed by atoms with van der Waals surface area (Å²) in [5, 5.41) is 3.20. The zero-order valence-corrected chi connectivity index (χ0v) is 18.3. The van der Waals surface area contributed by atoms with Crippen LogP contribution in [0.4, 0.5) is 0 Å². The van der Waals surface area contributed by atoms with Gasteiger partial charge in [-0.25, -0.2) is 0 Å². The first kappa shape index (κ1) is 27.4. The fraction of sp³-hybridized carbons (Fsp3) is 0.385. The van der Waals surface area contributed by atoms with Crippen molar-refractivity contribution in [2.45, 2.75) is 69.5 Å². The van der Waals surface area contributed by atoms with E-state index in [-0.39, 0.29) is 14.9 Å². The molecule has 0 spiro atoms. The molecule has 0 saturated carbocycles. The third-order valence-corrected chi connectivity index (χ3v) is 9.25. The Balaban J connectivity index is 0. The molecule has 150 valence electrons. The third kappa shape index (κ3) is 5.56. The van der Waals surface area contributed by atoms with E-state index in [1.807, 2.05) is 27.7 Å². The predicted octanol–water partition coefficient (Wildman–Crippen LogP) is 9.06. The molecule has 0 bridgehead atoms. The summed E-state index contributed by atoms with van der Waals surface area (Å²) < 4.78 is 0. The van der Waals surface area contributed by atoms with E-state index in [2.05, 4.69) is 87.6 Å². The van der Waals surface area contributed by atoms with E-state index >= 15 is 0 Å². The van der Waals surface area contributed by atoms with E-state index in [1.54, 1.807) is 10.4 Å². The van der Waals surface area contributed by atoms with Gasteiger partial charge in [0.1, 0.15) is 8.07 Å². The van der Waals surface area contributed by atoms with E-state index in [1.165, 1.54) is 22.3 Å². The van der Waals surface area contributed by atoms with Crippen molar-refractivity contribution in [1.82, 2.24) is 0 Å². The molecule has 0 fully saturated rings. The van der Waals surface area contributed by atoms with Crippen LogP contribution in [0.1, 0.15) is 67.5 Å². The van der Waals surface area contributed by atoms with Crippen molar-refractivity contribution in [1.29, 1.82) is 0 Å². The SMILES string of the molecule is C.C.CC.CC.CC1=C(c2ccccc2)C(c2ccccc2)=C(C)[Si]1(C)C. The fourth-order valence-corrected chi connectivity index (χ4v) is 5.56. The molecule has 2 aromatic rings. The molecule has 3 rings (SSSR count). The van der Waals surface area contributed by atoms with Gasteiger partial charge in [0.2, 0.25) is 0 Å². The molecule has 27 heavy (non-hydrogen) atoms. The van der Waals surface area contributed by atoms with E-state index in [0.29, 0.717) is 0 Å². The lowest BCUT2D eigenvalue weighted by atomic mass is 9.92. The van der Waals surface area contributed by atoms with Crippen LogP contribution in [-0.4, -0.2) is 8.07 Å². The highest BCUT2D eigenvalue weighted by molar-refractivity contribution is 6.94. The zero-order chi connectivity index (χ0) is 19.0. The van der Waals surface area contributed by atoms with E-state index in [0.717, 1.165) is 0 Å². The molecule has 1 aliphatic rings. The largest absolute Gasteiger partial charge is 0.103 e. The quantitative estimate of drug-likeness (QED) is 0.454. The Hall–Kier alpha value is -1.86. The second-order valence-electron chi connectivity index (χ2n) is 6.36. The van der Waals surface area contributed by atoms with Gasteiger partial charge in [-0.1, -0.05) is 127 Å². The molecule has 0 radical (unpaired) electrons. The van der Waals surface area contributed by atoms with E-state index in [4.69, 9.17) is 0 Å². The molecule has 0 aliphatic carbocycles. The molecular weight excluding hydrogens is 340 g/mol. The molecule has 1 heteroatoms. The minimum absolute atomic E-state index is 0. The van der Waals surface area contributed by atoms with Gasteiger partial charge in [-0.2, -0.15) is 0 Å². The monoisotopic (exact) mass is 382 g/mol. The first-order valence-corrected chi connectivity index (χ1v) is 12.6. The fourth-order valence-electron chi connectivity index (χ4n) is 3.21. The minimum Gasteiger partial charge on any atom is -0.0776 e. The van der Waals surface area contributed by atoms with Crippen molar-refractivity contribution in [2.24, 2.45) is 0 Å². The van der Waals surface area contributed by atoms with Crippen LogP contribution in [0.5, 0.6) is 0 Å². The van der Waals surface area contributed by atoms with Crippen molar-refractivity contribution in [3.63, 3.8) is 0 Å². The standard InChI is InChI=1S/C20H22Si.2C2H6.2CH4/c1-15-19(17-11-7-5-8-12-17)20(16(2)21(15,3)4)18-13-9-6-10-14-18;2*1-2;;/h5-14H,1-4H3;2*1-2H3;2*1H4. The summed E-state index contributed by atoms with van der Waals surface area (Å²) >= 11 is 0. The summed E-state index contributed by atoms with van der Waals surface area (Å²) in [5.74, 6) is 0. The minimum atomic E-state index is -1.48. The van der Waals surface area contributed by atoms with Gasteiger partial charge in [-0.15, -0.1) is 0 Å². The van der Waals surface area contributed by atoms with Crippen molar-refractivity contribution in [3.8, 4) is 0 Å². The van der Waals surface area contributed by atoms with Gasteiger partial charge in [0.15, 0.2) is 0 Å². The van der Waals surface area contributed by atoms with Crippen LogP contribution in [0.25, 0.3) is 11.1 Å². The van der Waals surface area contributed by atoms with Gasteiger partial charge >= 0.3 is 0 Å². The summed E-state index contributed by atoms with van der Waals surface area (Å²) in [7, 11) is -1.48. The smallest absolute Gasteiger partial charge is 0.0776 e. The Kier molecular flexibility index (Phi) is 12.7. The van der Waals surface area contributed by atoms with Crippen molar-refractivity contribution in [2.75, 3.05) is 0 Å². The predicted molar refractivity (Wildman–Crippen MR) is 132 cm³/mol. The van der Waals surface area contributed by atoms with Crippen LogP contribution in [-0.2, 0) is 0 Å². The Bertz CT molecular complexity index is 656. The lowest BCUT2D eigenvalue weighted by molar-refractivity contribution is 1.50. The van der Waals surface area contributed by atoms with Gasteiger partial charge in [-0.05, 0) is 36.1 Å². The number of allylic oxidation sites excluding steroid dienone is 4. The van der Waals surface area contributed by atoms with Crippen LogP contribution < -0.4 is 0 Å². The van der Waals surface area contributed by atoms with E-state index < -0.39 is 8.07 Å². The van der Waals surface area contributed by atoms with Crippen LogP contribution in [0.2, 0.25) is 13.1 Å². The second-order valence-corrected chi connectivity index (χ2v) is 11.1. The average molecular weight is 383 g/mol. The molecular formula is C26H42Si. The number of benzene rings is 2. The Morgan fingerprint density at radius 2 is 0.778 bits per heavy atom. The zero-order valence-electron chi connectivity index (χ0n) is 17.3. The summed E-state index contributed by atoms with van der Waals surface area (Å²) in [5.41, 5.74) is 5.64. The highest BCUT2D eigenvalue weighted by atomic mass is 28.3. The number of hydrogen-bond acceptors (Lipinski definition) is 0. The first-order valence-electron chi connectivity index (χ1n) is 9.57. The van der Waals surface area contributed by atoms with Gasteiger partial charge in [-0.3, -0.25) is 0 Å². The highest BCUT2D eigenvalue weighted by Crippen LogP contribution is 2.47. The summed E-state index contributed by atoms with van der Waals surface area (Å²) in [4.78, 5) is 0. The lowest BCUT2D eigenvalue weighted by Crippen LogP contribution is -2.27. The maximum absolute atomic E-state index is 2.47. The second kappa shape index (κ2) is 12.5. The summed E-state index contributed by atoms with van der Waals surface area (Å²) in [6.45, 7) is 17.6. The molecule has 0 nitrogen and oxygen atoms in total. The van der Waals surface area contributed by atoms with Crippen LogP contribution in [0.3, 0.4) is 0 Å². The maximum atomic E-state index is 2.47. The first-order chi connectivity index (χ1) is 12.0. The third-order valence-electron chi connectivity index (χ3n) is 5.00. The molecule has 0 amide bonds. The van der Waals surface area contributed by atoms with Gasteiger partial charge in [0.25, 0.3) is 0 Å². The molecule has 2 aromatic carbocycles. The van der Waals surface area contributed by atoms with Crippen LogP contribution >= 0.6 is 0 Å². The molecule has 1 heterocycles. The molecule has 0 unspecified atom stereocenters. The van der Waals surface area contributed by atoms with Gasteiger partial charge in [0, 0.05) is 0 Å². The Labute approximate surface area is 171 Å². The molecule has 0 aromatic heterocycles. The van der Waals surface area contributed by atoms with Crippen LogP contribution in [0.15, 0.2) is 71.1 Å². The molecule has 0 atom stereocenters. The lowest BCUT2D eigenvalue weighted by Gasteiger charge is -2.20. The van der Waals surface area contributed by atoms with Crippen molar-refractivity contribution in [3.05, 3.63) is 82.2 Å². The summed E-state index contributed by atoms with van der Waals surface area (Å²) in [6, 6.07) is 21.7. The molecule has 0 N–H and O–H groups in total. The Morgan fingerprint density at radius 1 is 0.519 bits per heavy atom. The topological polar surface area (TPSA) is 0 Å². The van der Waals surface area contributed by atoms with Crippen molar-refractivity contribution < 1.29 is 0 Å². The number of hydrogen-bond donors (Lipinski definition) is 0. The van der Waals surface area contributed by atoms with Crippen LogP contribution in [0, 0.1) is 0 Å². The molecule has 1 aliphatic heterocycles. The Morgan fingerprint density at radius 3 is 1.04 bits per heavy atom. The van der Waals surface area contributed by atoms with E-state index in [9.17, 15) is 0 Å². The summed E-state index contributed by atoms with van der Waals surface area (Å²) in [6.07, 6.45) is 0. The highest BCUT2D eigenvalue weighted by Gasteiger charge is 2.37. The van der Waals surface area contributed by atoms with Gasteiger partial charge < -0.3 is 0 Å². The van der Waals surface area contributed by atoms with Gasteiger partial charge in [0.05, 0.1) is 0 Å². The number of rotatable bonds is 2. The molecule has 0 saturated heterocycles. The average Bonchev–Trinajstić information content (AvgIpc) is 2.86. The maximum Gasteiger partial charge on any atom is 0.103 e.